The fraction of sp³-hybridized carbons (Fsp3) is 0.562. The Kier molecular flexibility index (Phi) is 3.31. The van der Waals surface area contributed by atoms with Gasteiger partial charge in [0.2, 0.25) is 0 Å². The van der Waals surface area contributed by atoms with E-state index in [4.69, 9.17) is 0 Å². The first-order chi connectivity index (χ1) is 9.15. The van der Waals surface area contributed by atoms with Gasteiger partial charge in [-0.2, -0.15) is 0 Å². The van der Waals surface area contributed by atoms with Crippen molar-refractivity contribution in [2.45, 2.75) is 39.3 Å². The molecular formula is C16H22N2O. The first-order valence-electron chi connectivity index (χ1n) is 7.28. The third kappa shape index (κ3) is 2.39. The molecule has 0 saturated carbocycles. The molecule has 1 saturated heterocycles. The Morgan fingerprint density at radius 1 is 1.32 bits per heavy atom. The number of nitrogens with zero attached hydrogens (tertiary/aromatic N) is 1. The second-order valence-corrected chi connectivity index (χ2v) is 6.06. The highest BCUT2D eigenvalue weighted by Crippen LogP contribution is 2.25. The molecule has 2 atom stereocenters. The van der Waals surface area contributed by atoms with Gasteiger partial charge >= 0.3 is 0 Å². The van der Waals surface area contributed by atoms with Crippen LogP contribution < -0.4 is 5.32 Å². The van der Waals surface area contributed by atoms with Gasteiger partial charge in [-0.25, -0.2) is 0 Å². The average molecular weight is 258 g/mol. The largest absolute Gasteiger partial charge is 0.336 e. The predicted molar refractivity (Wildman–Crippen MR) is 76.1 cm³/mol. The van der Waals surface area contributed by atoms with E-state index in [-0.39, 0.29) is 5.91 Å². The van der Waals surface area contributed by atoms with Crippen LogP contribution in [0.4, 0.5) is 0 Å². The molecule has 19 heavy (non-hydrogen) atoms. The molecule has 3 nitrogen and oxygen atoms in total. The lowest BCUT2D eigenvalue weighted by molar-refractivity contribution is 0.0743. The van der Waals surface area contributed by atoms with Gasteiger partial charge in [0, 0.05) is 24.7 Å². The van der Waals surface area contributed by atoms with Crippen molar-refractivity contribution in [2.75, 3.05) is 13.1 Å². The lowest BCUT2D eigenvalue weighted by Gasteiger charge is -2.23. The van der Waals surface area contributed by atoms with Gasteiger partial charge in [-0.3, -0.25) is 4.79 Å². The standard InChI is InChI=1S/C16H22N2O/c1-11-7-12(2)18(10-11)16(19)14-4-3-13-5-6-17-9-15(13)8-14/h3-4,8,11-12,17H,5-7,9-10H2,1-2H3. The first-order valence-corrected chi connectivity index (χ1v) is 7.28. The molecule has 3 rings (SSSR count). The topological polar surface area (TPSA) is 32.3 Å². The number of likely N-dealkylation sites (tertiary alicyclic amines) is 1. The van der Waals surface area contributed by atoms with Crippen molar-refractivity contribution in [3.05, 3.63) is 34.9 Å². The summed E-state index contributed by atoms with van der Waals surface area (Å²) in [6.45, 7) is 7.21. The summed E-state index contributed by atoms with van der Waals surface area (Å²) in [5.41, 5.74) is 3.53. The molecule has 0 aromatic heterocycles. The maximum atomic E-state index is 12.6. The van der Waals surface area contributed by atoms with Crippen LogP contribution in [-0.4, -0.2) is 29.9 Å². The molecule has 102 valence electrons. The van der Waals surface area contributed by atoms with Gasteiger partial charge in [-0.1, -0.05) is 13.0 Å². The molecule has 1 aromatic rings. The van der Waals surface area contributed by atoms with Gasteiger partial charge in [0.15, 0.2) is 0 Å². The molecule has 2 unspecified atom stereocenters. The maximum absolute atomic E-state index is 12.6. The van der Waals surface area contributed by atoms with E-state index in [1.165, 1.54) is 11.1 Å². The van der Waals surface area contributed by atoms with E-state index in [9.17, 15) is 4.79 Å². The highest BCUT2D eigenvalue weighted by molar-refractivity contribution is 5.95. The minimum atomic E-state index is 0.199. The molecule has 0 spiro atoms. The van der Waals surface area contributed by atoms with Crippen LogP contribution in [-0.2, 0) is 13.0 Å². The lowest BCUT2D eigenvalue weighted by Crippen LogP contribution is -2.34. The number of amides is 1. The zero-order valence-corrected chi connectivity index (χ0v) is 11.8. The molecule has 1 aromatic carbocycles. The zero-order chi connectivity index (χ0) is 13.4. The molecule has 2 heterocycles. The van der Waals surface area contributed by atoms with Crippen LogP contribution in [0.15, 0.2) is 18.2 Å². The van der Waals surface area contributed by atoms with Gasteiger partial charge in [-0.15, -0.1) is 0 Å². The molecule has 3 heteroatoms. The number of nitrogens with one attached hydrogen (secondary N) is 1. The van der Waals surface area contributed by atoms with Crippen molar-refractivity contribution in [1.29, 1.82) is 0 Å². The Morgan fingerprint density at radius 2 is 2.16 bits per heavy atom. The lowest BCUT2D eigenvalue weighted by atomic mass is 9.98. The maximum Gasteiger partial charge on any atom is 0.254 e. The number of hydrogen-bond acceptors (Lipinski definition) is 2. The Hall–Kier alpha value is -1.35. The summed E-state index contributed by atoms with van der Waals surface area (Å²) in [6.07, 6.45) is 2.19. The minimum absolute atomic E-state index is 0.199. The van der Waals surface area contributed by atoms with Gasteiger partial charge < -0.3 is 10.2 Å². The van der Waals surface area contributed by atoms with Crippen molar-refractivity contribution in [1.82, 2.24) is 10.2 Å². The first kappa shape index (κ1) is 12.7. The van der Waals surface area contributed by atoms with Crippen LogP contribution in [0.25, 0.3) is 0 Å². The number of hydrogen-bond donors (Lipinski definition) is 1. The predicted octanol–water partition coefficient (Wildman–Crippen LogP) is 2.20. The van der Waals surface area contributed by atoms with E-state index < -0.39 is 0 Å². The molecule has 2 aliphatic rings. The highest BCUT2D eigenvalue weighted by atomic mass is 16.2. The zero-order valence-electron chi connectivity index (χ0n) is 11.8. The Morgan fingerprint density at radius 3 is 2.89 bits per heavy atom. The third-order valence-corrected chi connectivity index (χ3v) is 4.38. The van der Waals surface area contributed by atoms with Gasteiger partial charge in [0.1, 0.15) is 0 Å². The molecule has 0 aliphatic carbocycles. The van der Waals surface area contributed by atoms with Gasteiger partial charge in [0.25, 0.3) is 5.91 Å². The normalized spacial score (nSPS) is 26.3. The summed E-state index contributed by atoms with van der Waals surface area (Å²) >= 11 is 0. The quantitative estimate of drug-likeness (QED) is 0.837. The second kappa shape index (κ2) is 4.97. The Labute approximate surface area is 115 Å². The van der Waals surface area contributed by atoms with Crippen molar-refractivity contribution < 1.29 is 4.79 Å². The van der Waals surface area contributed by atoms with Gasteiger partial charge in [-0.05, 0) is 55.5 Å². The highest BCUT2D eigenvalue weighted by Gasteiger charge is 2.30. The van der Waals surface area contributed by atoms with Crippen LogP contribution in [0.1, 0.15) is 41.8 Å². The van der Waals surface area contributed by atoms with E-state index >= 15 is 0 Å². The van der Waals surface area contributed by atoms with Gasteiger partial charge in [0.05, 0.1) is 0 Å². The third-order valence-electron chi connectivity index (χ3n) is 4.38. The van der Waals surface area contributed by atoms with E-state index in [0.717, 1.165) is 38.0 Å². The molecule has 1 fully saturated rings. The molecule has 2 aliphatic heterocycles. The van der Waals surface area contributed by atoms with E-state index in [2.05, 4.69) is 31.3 Å². The fourth-order valence-electron chi connectivity index (χ4n) is 3.36. The smallest absolute Gasteiger partial charge is 0.254 e. The number of fused-ring (bicyclic) bond motifs is 1. The monoisotopic (exact) mass is 258 g/mol. The van der Waals surface area contributed by atoms with E-state index in [1.54, 1.807) is 0 Å². The van der Waals surface area contributed by atoms with Crippen LogP contribution in [0.5, 0.6) is 0 Å². The summed E-state index contributed by atoms with van der Waals surface area (Å²) < 4.78 is 0. The molecule has 1 amide bonds. The number of carbonyl (C=O) groups is 1. The van der Waals surface area contributed by atoms with Crippen molar-refractivity contribution in [3.8, 4) is 0 Å². The van der Waals surface area contributed by atoms with Crippen LogP contribution in [0.2, 0.25) is 0 Å². The molecule has 0 radical (unpaired) electrons. The van der Waals surface area contributed by atoms with E-state index in [0.29, 0.717) is 12.0 Å². The second-order valence-electron chi connectivity index (χ2n) is 6.06. The molecule has 0 bridgehead atoms. The number of benzene rings is 1. The van der Waals surface area contributed by atoms with Crippen LogP contribution in [0, 0.1) is 5.92 Å². The van der Waals surface area contributed by atoms with Crippen molar-refractivity contribution in [2.24, 2.45) is 5.92 Å². The molecular weight excluding hydrogens is 236 g/mol. The Bertz CT molecular complexity index is 498. The summed E-state index contributed by atoms with van der Waals surface area (Å²) in [6, 6.07) is 6.59. The number of carbonyl (C=O) groups excluding carboxylic acids is 1. The Balaban J connectivity index is 1.84. The van der Waals surface area contributed by atoms with E-state index in [1.807, 2.05) is 11.0 Å². The summed E-state index contributed by atoms with van der Waals surface area (Å²) in [7, 11) is 0. The number of rotatable bonds is 1. The van der Waals surface area contributed by atoms with Crippen molar-refractivity contribution >= 4 is 5.91 Å². The van der Waals surface area contributed by atoms with Crippen LogP contribution >= 0.6 is 0 Å². The SMILES string of the molecule is CC1CC(C)N(C(=O)c2ccc3c(c2)CNCC3)C1. The minimum Gasteiger partial charge on any atom is -0.336 e. The fourth-order valence-corrected chi connectivity index (χ4v) is 3.36. The molecule has 1 N–H and O–H groups in total. The average Bonchev–Trinajstić information content (AvgIpc) is 2.76. The van der Waals surface area contributed by atoms with Crippen LogP contribution in [0.3, 0.4) is 0 Å². The summed E-state index contributed by atoms with van der Waals surface area (Å²) in [4.78, 5) is 14.6. The van der Waals surface area contributed by atoms with Crippen molar-refractivity contribution in [3.63, 3.8) is 0 Å². The summed E-state index contributed by atoms with van der Waals surface area (Å²) in [5.74, 6) is 0.823. The summed E-state index contributed by atoms with van der Waals surface area (Å²) in [5, 5.41) is 3.37.